The summed E-state index contributed by atoms with van der Waals surface area (Å²) in [5.41, 5.74) is 0. The van der Waals surface area contributed by atoms with E-state index < -0.39 is 24.0 Å². The standard InChI is InChI=1S/C44H79N5O13/c1-2-3-24-45-39(52)22-21-38(34-51)49-43(56)36-62-32-30-60-28-26-47-42(55)35-61-31-29-59-27-25-46-40(53)23-20-37(33-50)48-41(54)18-16-14-12-10-8-6-4-5-7-9-11-13-15-17-19-44(57)58/h33-34,37-38H,2-32,35-36H2,1H3,(H,45,52)(H,46,53)(H,47,55)(H,48,54)(H,49,56)(H,57,58)/t37-,38-/m0/s1. The van der Waals surface area contributed by atoms with Crippen LogP contribution in [-0.4, -0.2) is 138 Å². The van der Waals surface area contributed by atoms with Crippen LogP contribution in [0.2, 0.25) is 0 Å². The Hall–Kier alpha value is -4.00. The molecule has 0 aliphatic rings. The van der Waals surface area contributed by atoms with Crippen LogP contribution in [0.3, 0.4) is 0 Å². The van der Waals surface area contributed by atoms with Crippen LogP contribution in [0.25, 0.3) is 0 Å². The lowest BCUT2D eigenvalue weighted by Gasteiger charge is -2.13. The lowest BCUT2D eigenvalue weighted by molar-refractivity contribution is -0.137. The van der Waals surface area contributed by atoms with Gasteiger partial charge in [-0.25, -0.2) is 0 Å². The summed E-state index contributed by atoms with van der Waals surface area (Å²) in [6.45, 7) is 3.86. The van der Waals surface area contributed by atoms with E-state index in [2.05, 4.69) is 26.6 Å². The van der Waals surface area contributed by atoms with Gasteiger partial charge in [-0.2, -0.15) is 0 Å². The second kappa shape index (κ2) is 43.6. The van der Waals surface area contributed by atoms with E-state index in [0.29, 0.717) is 25.5 Å². The van der Waals surface area contributed by atoms with Gasteiger partial charge in [0, 0.05) is 45.3 Å². The van der Waals surface area contributed by atoms with Gasteiger partial charge in [0.25, 0.3) is 0 Å². The quantitative estimate of drug-likeness (QED) is 0.0379. The number of carbonyl (C=O) groups excluding carboxylic acids is 7. The van der Waals surface area contributed by atoms with E-state index in [1.165, 1.54) is 44.9 Å². The average molecular weight is 886 g/mol. The van der Waals surface area contributed by atoms with Gasteiger partial charge in [0.2, 0.25) is 29.5 Å². The average Bonchev–Trinajstić information content (AvgIpc) is 3.25. The molecule has 0 bridgehead atoms. The second-order valence-corrected chi connectivity index (χ2v) is 15.3. The van der Waals surface area contributed by atoms with Crippen molar-refractivity contribution >= 4 is 48.1 Å². The van der Waals surface area contributed by atoms with Crippen LogP contribution in [0.15, 0.2) is 0 Å². The smallest absolute Gasteiger partial charge is 0.303 e. The first-order valence-corrected chi connectivity index (χ1v) is 22.9. The van der Waals surface area contributed by atoms with Gasteiger partial charge < -0.3 is 60.2 Å². The summed E-state index contributed by atoms with van der Waals surface area (Å²) in [4.78, 5) is 93.4. The Morgan fingerprint density at radius 1 is 0.435 bits per heavy atom. The Morgan fingerprint density at radius 2 is 0.823 bits per heavy atom. The molecule has 2 atom stereocenters. The number of rotatable bonds is 46. The largest absolute Gasteiger partial charge is 0.481 e. The maximum Gasteiger partial charge on any atom is 0.303 e. The Morgan fingerprint density at radius 3 is 1.27 bits per heavy atom. The van der Waals surface area contributed by atoms with E-state index in [1.54, 1.807) is 0 Å². The third-order valence-corrected chi connectivity index (χ3v) is 9.63. The normalized spacial score (nSPS) is 11.9. The molecule has 18 heteroatoms. The minimum Gasteiger partial charge on any atom is -0.481 e. The van der Waals surface area contributed by atoms with E-state index in [-0.39, 0.29) is 122 Å². The molecule has 18 nitrogen and oxygen atoms in total. The first-order valence-electron chi connectivity index (χ1n) is 22.9. The molecular formula is C44H79N5O13. The second-order valence-electron chi connectivity index (χ2n) is 15.3. The first-order chi connectivity index (χ1) is 30.1. The maximum absolute atomic E-state index is 12.3. The number of carboxylic acid groups (broad SMARTS) is 1. The molecule has 62 heavy (non-hydrogen) atoms. The fourth-order valence-corrected chi connectivity index (χ4v) is 6.06. The predicted molar refractivity (Wildman–Crippen MR) is 233 cm³/mol. The predicted octanol–water partition coefficient (Wildman–Crippen LogP) is 3.46. The minimum atomic E-state index is -0.773. The summed E-state index contributed by atoms with van der Waals surface area (Å²) < 4.78 is 21.3. The maximum atomic E-state index is 12.3. The number of nitrogens with one attached hydrogen (secondary N) is 5. The lowest BCUT2D eigenvalue weighted by atomic mass is 10.0. The van der Waals surface area contributed by atoms with Crippen LogP contribution >= 0.6 is 0 Å². The van der Waals surface area contributed by atoms with Crippen molar-refractivity contribution in [3.63, 3.8) is 0 Å². The summed E-state index contributed by atoms with van der Waals surface area (Å²) in [6, 6.07) is -1.49. The van der Waals surface area contributed by atoms with E-state index in [4.69, 9.17) is 24.1 Å². The van der Waals surface area contributed by atoms with Gasteiger partial charge in [0.15, 0.2) is 0 Å². The summed E-state index contributed by atoms with van der Waals surface area (Å²) >= 11 is 0. The number of unbranched alkanes of at least 4 members (excludes halogenated alkanes) is 14. The molecular weight excluding hydrogens is 807 g/mol. The van der Waals surface area contributed by atoms with Crippen molar-refractivity contribution in [2.45, 2.75) is 160 Å². The molecule has 0 aliphatic heterocycles. The molecule has 0 rings (SSSR count). The zero-order valence-electron chi connectivity index (χ0n) is 37.5. The van der Waals surface area contributed by atoms with Gasteiger partial charge in [0.05, 0.1) is 51.7 Å². The van der Waals surface area contributed by atoms with Gasteiger partial charge in [-0.1, -0.05) is 90.4 Å². The van der Waals surface area contributed by atoms with Crippen molar-refractivity contribution in [3.8, 4) is 0 Å². The Labute approximate surface area is 369 Å². The molecule has 0 saturated heterocycles. The Bertz CT molecular complexity index is 1210. The van der Waals surface area contributed by atoms with E-state index in [1.807, 2.05) is 6.92 Å². The highest BCUT2D eigenvalue weighted by Gasteiger charge is 2.15. The third-order valence-electron chi connectivity index (χ3n) is 9.63. The number of amides is 5. The topological polar surface area (TPSA) is 254 Å². The van der Waals surface area contributed by atoms with Gasteiger partial charge in [0.1, 0.15) is 25.8 Å². The summed E-state index contributed by atoms with van der Waals surface area (Å²) in [6.07, 6.45) is 19.8. The van der Waals surface area contributed by atoms with Crippen molar-refractivity contribution in [3.05, 3.63) is 0 Å². The first kappa shape index (κ1) is 58.0. The number of hydrogen-bond donors (Lipinski definition) is 6. The number of ether oxygens (including phenoxy) is 4. The summed E-state index contributed by atoms with van der Waals surface area (Å²) in [5.74, 6) is -2.12. The van der Waals surface area contributed by atoms with Gasteiger partial charge in [-0.15, -0.1) is 0 Å². The lowest BCUT2D eigenvalue weighted by Crippen LogP contribution is -2.39. The monoisotopic (exact) mass is 886 g/mol. The molecule has 0 saturated carbocycles. The Balaban J connectivity index is 3.64. The molecule has 0 fully saturated rings. The van der Waals surface area contributed by atoms with Crippen LogP contribution in [0.4, 0.5) is 0 Å². The van der Waals surface area contributed by atoms with Crippen molar-refractivity contribution in [1.82, 2.24) is 26.6 Å². The summed E-state index contributed by atoms with van der Waals surface area (Å²) in [7, 11) is 0. The molecule has 5 amide bonds. The number of aldehydes is 2. The fourth-order valence-electron chi connectivity index (χ4n) is 6.06. The zero-order valence-corrected chi connectivity index (χ0v) is 37.5. The molecule has 0 aromatic heterocycles. The molecule has 0 radical (unpaired) electrons. The van der Waals surface area contributed by atoms with Crippen molar-refractivity contribution in [2.75, 3.05) is 72.5 Å². The van der Waals surface area contributed by atoms with Crippen molar-refractivity contribution in [1.29, 1.82) is 0 Å². The minimum absolute atomic E-state index is 0.0846. The van der Waals surface area contributed by atoms with Gasteiger partial charge in [-0.05, 0) is 32.1 Å². The van der Waals surface area contributed by atoms with Crippen LogP contribution in [0, 0.1) is 0 Å². The molecule has 358 valence electrons. The van der Waals surface area contributed by atoms with Crippen molar-refractivity contribution < 1.29 is 62.4 Å². The Kier molecular flexibility index (Phi) is 40.8. The highest BCUT2D eigenvalue weighted by Crippen LogP contribution is 2.14. The van der Waals surface area contributed by atoms with Crippen LogP contribution in [0.5, 0.6) is 0 Å². The molecule has 0 aromatic rings. The van der Waals surface area contributed by atoms with Crippen molar-refractivity contribution in [2.24, 2.45) is 0 Å². The third kappa shape index (κ3) is 41.4. The van der Waals surface area contributed by atoms with E-state index in [9.17, 15) is 38.4 Å². The van der Waals surface area contributed by atoms with E-state index in [0.717, 1.165) is 57.8 Å². The molecule has 0 aliphatic carbocycles. The van der Waals surface area contributed by atoms with Crippen LogP contribution in [-0.2, 0) is 57.3 Å². The molecule has 6 N–H and O–H groups in total. The number of carbonyl (C=O) groups is 8. The molecule has 0 unspecified atom stereocenters. The number of aliphatic carboxylic acids is 1. The molecule has 0 spiro atoms. The zero-order chi connectivity index (χ0) is 45.7. The highest BCUT2D eigenvalue weighted by molar-refractivity contribution is 5.82. The van der Waals surface area contributed by atoms with Gasteiger partial charge in [-0.3, -0.25) is 28.8 Å². The highest BCUT2D eigenvalue weighted by atomic mass is 16.5. The van der Waals surface area contributed by atoms with E-state index >= 15 is 0 Å². The number of carboxylic acids is 1. The van der Waals surface area contributed by atoms with Gasteiger partial charge >= 0.3 is 5.97 Å². The van der Waals surface area contributed by atoms with Crippen LogP contribution in [0.1, 0.15) is 148 Å². The number of hydrogen-bond acceptors (Lipinski definition) is 12. The van der Waals surface area contributed by atoms with Crippen LogP contribution < -0.4 is 26.6 Å². The molecule has 0 aromatic carbocycles. The fraction of sp³-hybridized carbons (Fsp3) is 0.818. The molecule has 0 heterocycles. The SMILES string of the molecule is CCCCNC(=O)CC[C@@H](C=O)NC(=O)COCCOCCNC(=O)COCCOCCNC(=O)CC[C@@H](C=O)NC(=O)CCCCCCCCCCCCCCCCC(=O)O. The summed E-state index contributed by atoms with van der Waals surface area (Å²) in [5, 5.41) is 22.0.